The molecular weight excluding hydrogens is 208 g/mol. The SMILES string of the molecule is CC1CC/C(=C/c2ccc(Cl)cc2)C1=O. The number of ketones is 1. The molecule has 0 N–H and O–H groups in total. The summed E-state index contributed by atoms with van der Waals surface area (Å²) < 4.78 is 0. The van der Waals surface area contributed by atoms with E-state index < -0.39 is 0 Å². The Bertz CT molecular complexity index is 403. The first-order chi connectivity index (χ1) is 7.16. The van der Waals surface area contributed by atoms with Gasteiger partial charge in [0.25, 0.3) is 0 Å². The number of carbonyl (C=O) groups excluding carboxylic acids is 1. The van der Waals surface area contributed by atoms with Crippen LogP contribution >= 0.6 is 11.6 Å². The molecule has 0 radical (unpaired) electrons. The van der Waals surface area contributed by atoms with Gasteiger partial charge in [-0.1, -0.05) is 30.7 Å². The zero-order chi connectivity index (χ0) is 10.8. The van der Waals surface area contributed by atoms with Gasteiger partial charge in [-0.15, -0.1) is 0 Å². The van der Waals surface area contributed by atoms with Crippen molar-refractivity contribution < 1.29 is 4.79 Å². The third-order valence-corrected chi connectivity index (χ3v) is 3.07. The summed E-state index contributed by atoms with van der Waals surface area (Å²) in [6, 6.07) is 7.56. The average molecular weight is 221 g/mol. The Morgan fingerprint density at radius 2 is 2.00 bits per heavy atom. The second-order valence-corrected chi connectivity index (χ2v) is 4.46. The Balaban J connectivity index is 2.24. The minimum absolute atomic E-state index is 0.198. The van der Waals surface area contributed by atoms with Crippen molar-refractivity contribution in [1.82, 2.24) is 0 Å². The van der Waals surface area contributed by atoms with E-state index in [0.717, 1.165) is 29.0 Å². The number of carbonyl (C=O) groups is 1. The van der Waals surface area contributed by atoms with E-state index in [-0.39, 0.29) is 5.92 Å². The van der Waals surface area contributed by atoms with Crippen molar-refractivity contribution >= 4 is 23.5 Å². The Labute approximate surface area is 94.8 Å². The van der Waals surface area contributed by atoms with E-state index in [2.05, 4.69) is 0 Å². The van der Waals surface area contributed by atoms with Crippen molar-refractivity contribution in [3.8, 4) is 0 Å². The molecule has 1 unspecified atom stereocenters. The van der Waals surface area contributed by atoms with E-state index in [1.54, 1.807) is 0 Å². The van der Waals surface area contributed by atoms with Crippen LogP contribution in [0.15, 0.2) is 29.8 Å². The van der Waals surface area contributed by atoms with Crippen LogP contribution in [0, 0.1) is 5.92 Å². The number of rotatable bonds is 1. The van der Waals surface area contributed by atoms with Crippen molar-refractivity contribution in [2.75, 3.05) is 0 Å². The van der Waals surface area contributed by atoms with Crippen LogP contribution in [-0.4, -0.2) is 5.78 Å². The smallest absolute Gasteiger partial charge is 0.161 e. The van der Waals surface area contributed by atoms with Crippen LogP contribution in [0.3, 0.4) is 0 Å². The van der Waals surface area contributed by atoms with Crippen LogP contribution < -0.4 is 0 Å². The summed E-state index contributed by atoms with van der Waals surface area (Å²) in [5.41, 5.74) is 2.00. The van der Waals surface area contributed by atoms with Crippen molar-refractivity contribution in [2.45, 2.75) is 19.8 Å². The minimum Gasteiger partial charge on any atom is -0.294 e. The van der Waals surface area contributed by atoms with Crippen LogP contribution in [-0.2, 0) is 4.79 Å². The van der Waals surface area contributed by atoms with Crippen LogP contribution in [0.2, 0.25) is 5.02 Å². The standard InChI is InChI=1S/C13H13ClO/c1-9-2-5-11(13(9)15)8-10-3-6-12(14)7-4-10/h3-4,6-9H,2,5H2,1H3/b11-8-. The first-order valence-electron chi connectivity index (χ1n) is 5.17. The highest BCUT2D eigenvalue weighted by atomic mass is 35.5. The largest absolute Gasteiger partial charge is 0.294 e. The van der Waals surface area contributed by atoms with Crippen molar-refractivity contribution in [3.05, 3.63) is 40.4 Å². The summed E-state index contributed by atoms with van der Waals surface area (Å²) in [6.07, 6.45) is 3.86. The number of benzene rings is 1. The first kappa shape index (κ1) is 10.4. The maximum Gasteiger partial charge on any atom is 0.161 e. The molecule has 78 valence electrons. The van der Waals surface area contributed by atoms with E-state index in [4.69, 9.17) is 11.6 Å². The van der Waals surface area contributed by atoms with E-state index in [1.165, 1.54) is 0 Å². The number of Topliss-reactive ketones (excluding diaryl/α,β-unsaturated/α-hetero) is 1. The molecule has 2 heteroatoms. The topological polar surface area (TPSA) is 17.1 Å². The fourth-order valence-corrected chi connectivity index (χ4v) is 1.97. The molecule has 1 aromatic rings. The molecule has 1 fully saturated rings. The maximum atomic E-state index is 11.7. The zero-order valence-electron chi connectivity index (χ0n) is 8.66. The third kappa shape index (κ3) is 2.29. The summed E-state index contributed by atoms with van der Waals surface area (Å²) in [6.45, 7) is 1.99. The van der Waals surface area contributed by atoms with Crippen LogP contribution in [0.25, 0.3) is 6.08 Å². The molecule has 1 saturated carbocycles. The van der Waals surface area contributed by atoms with Crippen LogP contribution in [0.4, 0.5) is 0 Å². The predicted octanol–water partition coefficient (Wildman–Crippen LogP) is 3.72. The third-order valence-electron chi connectivity index (χ3n) is 2.82. The quantitative estimate of drug-likeness (QED) is 0.660. The highest BCUT2D eigenvalue weighted by Gasteiger charge is 2.24. The molecule has 1 atom stereocenters. The summed E-state index contributed by atoms with van der Waals surface area (Å²) in [4.78, 5) is 11.7. The van der Waals surface area contributed by atoms with Gasteiger partial charge in [0.1, 0.15) is 0 Å². The lowest BCUT2D eigenvalue weighted by molar-refractivity contribution is -0.117. The highest BCUT2D eigenvalue weighted by Crippen LogP contribution is 2.27. The van der Waals surface area contributed by atoms with Gasteiger partial charge in [-0.2, -0.15) is 0 Å². The molecule has 0 heterocycles. The Kier molecular flexibility index (Phi) is 2.92. The summed E-state index contributed by atoms with van der Waals surface area (Å²) in [7, 11) is 0. The molecular formula is C13H13ClO. The fourth-order valence-electron chi connectivity index (χ4n) is 1.85. The van der Waals surface area contributed by atoms with Gasteiger partial charge in [-0.25, -0.2) is 0 Å². The van der Waals surface area contributed by atoms with Gasteiger partial charge in [-0.3, -0.25) is 4.79 Å². The molecule has 1 nitrogen and oxygen atoms in total. The number of hydrogen-bond donors (Lipinski definition) is 0. The van der Waals surface area contributed by atoms with Gasteiger partial charge in [0.2, 0.25) is 0 Å². The lowest BCUT2D eigenvalue weighted by Crippen LogP contribution is -2.02. The van der Waals surface area contributed by atoms with Gasteiger partial charge >= 0.3 is 0 Å². The van der Waals surface area contributed by atoms with E-state index >= 15 is 0 Å². The summed E-state index contributed by atoms with van der Waals surface area (Å²) in [5, 5.41) is 0.725. The molecule has 0 aromatic heterocycles. The first-order valence-corrected chi connectivity index (χ1v) is 5.55. The molecule has 0 aliphatic heterocycles. The minimum atomic E-state index is 0.198. The summed E-state index contributed by atoms with van der Waals surface area (Å²) >= 11 is 5.79. The highest BCUT2D eigenvalue weighted by molar-refractivity contribution is 6.30. The number of hydrogen-bond acceptors (Lipinski definition) is 1. The van der Waals surface area contributed by atoms with Gasteiger partial charge in [0.05, 0.1) is 0 Å². The molecule has 0 bridgehead atoms. The van der Waals surface area contributed by atoms with Gasteiger partial charge in [-0.05, 0) is 42.2 Å². The van der Waals surface area contributed by atoms with Gasteiger partial charge in [0.15, 0.2) is 5.78 Å². The molecule has 1 aliphatic carbocycles. The zero-order valence-corrected chi connectivity index (χ0v) is 9.42. The normalized spacial score (nSPS) is 23.7. The molecule has 15 heavy (non-hydrogen) atoms. The Morgan fingerprint density at radius 3 is 2.53 bits per heavy atom. The van der Waals surface area contributed by atoms with Crippen LogP contribution in [0.5, 0.6) is 0 Å². The van der Waals surface area contributed by atoms with Crippen molar-refractivity contribution in [3.63, 3.8) is 0 Å². The number of halogens is 1. The van der Waals surface area contributed by atoms with E-state index in [1.807, 2.05) is 37.3 Å². The molecule has 1 aliphatic rings. The predicted molar refractivity (Wildman–Crippen MR) is 62.8 cm³/mol. The Morgan fingerprint density at radius 1 is 1.33 bits per heavy atom. The lowest BCUT2D eigenvalue weighted by atomic mass is 10.1. The molecule has 0 saturated heterocycles. The van der Waals surface area contributed by atoms with Crippen molar-refractivity contribution in [2.24, 2.45) is 5.92 Å². The van der Waals surface area contributed by atoms with E-state index in [0.29, 0.717) is 5.78 Å². The maximum absolute atomic E-state index is 11.7. The summed E-state index contributed by atoms with van der Waals surface area (Å²) in [5.74, 6) is 0.494. The van der Waals surface area contributed by atoms with Crippen LogP contribution in [0.1, 0.15) is 25.3 Å². The van der Waals surface area contributed by atoms with Gasteiger partial charge in [0, 0.05) is 10.9 Å². The van der Waals surface area contributed by atoms with Crippen molar-refractivity contribution in [1.29, 1.82) is 0 Å². The van der Waals surface area contributed by atoms with Gasteiger partial charge < -0.3 is 0 Å². The lowest BCUT2D eigenvalue weighted by Gasteiger charge is -1.98. The molecule has 1 aromatic carbocycles. The number of allylic oxidation sites excluding steroid dienone is 1. The Hall–Kier alpha value is -1.08. The van der Waals surface area contributed by atoms with E-state index in [9.17, 15) is 4.79 Å². The second-order valence-electron chi connectivity index (χ2n) is 4.03. The fraction of sp³-hybridized carbons (Fsp3) is 0.308. The molecule has 0 amide bonds. The molecule has 0 spiro atoms. The second kappa shape index (κ2) is 4.19. The molecule has 2 rings (SSSR count). The average Bonchev–Trinajstić information content (AvgIpc) is 2.53. The monoisotopic (exact) mass is 220 g/mol.